The van der Waals surface area contributed by atoms with Crippen molar-refractivity contribution in [3.8, 4) is 0 Å². The van der Waals surface area contributed by atoms with Crippen molar-refractivity contribution in [1.29, 1.82) is 0 Å². The molecule has 1 N–H and O–H groups in total. The second kappa shape index (κ2) is 7.46. The maximum Gasteiger partial charge on any atom is 0.233 e. The fraction of sp³-hybridized carbons (Fsp3) is 0.609. The molecule has 6 rings (SSSR count). The van der Waals surface area contributed by atoms with Crippen LogP contribution in [0.5, 0.6) is 0 Å². The molecule has 0 spiro atoms. The first-order valence-corrected chi connectivity index (χ1v) is 11.8. The van der Waals surface area contributed by atoms with Gasteiger partial charge in [-0.2, -0.15) is 0 Å². The molecule has 1 amide bonds. The highest BCUT2D eigenvalue weighted by molar-refractivity contribution is 8.00. The Morgan fingerprint density at radius 3 is 2.38 bits per heavy atom. The Hall–Kier alpha value is -1.82. The van der Waals surface area contributed by atoms with Crippen LogP contribution in [0.15, 0.2) is 35.5 Å². The minimum atomic E-state index is -0.180. The Bertz CT molecular complexity index is 858. The van der Waals surface area contributed by atoms with E-state index in [0.717, 1.165) is 35.3 Å². The van der Waals surface area contributed by atoms with Crippen molar-refractivity contribution in [2.24, 2.45) is 17.8 Å². The van der Waals surface area contributed by atoms with E-state index in [1.54, 1.807) is 0 Å². The average molecular weight is 411 g/mol. The van der Waals surface area contributed by atoms with Crippen molar-refractivity contribution in [1.82, 2.24) is 20.1 Å². The Morgan fingerprint density at radius 1 is 1.14 bits per heavy atom. The van der Waals surface area contributed by atoms with Gasteiger partial charge >= 0.3 is 0 Å². The maximum atomic E-state index is 13.1. The third-order valence-electron chi connectivity index (χ3n) is 7.16. The summed E-state index contributed by atoms with van der Waals surface area (Å²) in [6.45, 7) is 4.70. The number of hydrogen-bond acceptors (Lipinski definition) is 4. The van der Waals surface area contributed by atoms with Crippen LogP contribution in [0.2, 0.25) is 0 Å². The molecule has 4 aliphatic rings. The van der Waals surface area contributed by atoms with E-state index in [1.165, 1.54) is 55.9 Å². The third kappa shape index (κ3) is 3.83. The van der Waals surface area contributed by atoms with Crippen molar-refractivity contribution >= 4 is 17.7 Å². The van der Waals surface area contributed by atoms with Gasteiger partial charge in [0.15, 0.2) is 5.16 Å². The molecular formula is C23H30N4OS. The summed E-state index contributed by atoms with van der Waals surface area (Å²) in [6.07, 6.45) is 7.73. The van der Waals surface area contributed by atoms with Crippen LogP contribution in [0, 0.1) is 24.7 Å². The number of carbonyl (C=O) groups excluding carboxylic acids is 1. The monoisotopic (exact) mass is 410 g/mol. The summed E-state index contributed by atoms with van der Waals surface area (Å²) in [7, 11) is 0. The van der Waals surface area contributed by atoms with Gasteiger partial charge in [-0.05, 0) is 75.7 Å². The van der Waals surface area contributed by atoms with Gasteiger partial charge in [0, 0.05) is 5.54 Å². The summed E-state index contributed by atoms with van der Waals surface area (Å²) in [5.74, 6) is 3.54. The number of aromatic nitrogens is 3. The number of carbonyl (C=O) groups is 1. The lowest BCUT2D eigenvalue weighted by molar-refractivity contribution is -0.126. The molecule has 1 heterocycles. The molecule has 6 heteroatoms. The van der Waals surface area contributed by atoms with E-state index in [-0.39, 0.29) is 16.7 Å². The molecule has 4 saturated carbocycles. The summed E-state index contributed by atoms with van der Waals surface area (Å²) in [5.41, 5.74) is 1.27. The number of hydrogen-bond donors (Lipinski definition) is 1. The van der Waals surface area contributed by atoms with Gasteiger partial charge in [-0.25, -0.2) is 0 Å². The molecule has 1 atom stereocenters. The van der Waals surface area contributed by atoms with Crippen LogP contribution in [0.4, 0.5) is 0 Å². The van der Waals surface area contributed by atoms with Crippen molar-refractivity contribution in [3.63, 3.8) is 0 Å². The first kappa shape index (κ1) is 19.2. The first-order chi connectivity index (χ1) is 14.0. The predicted molar refractivity (Wildman–Crippen MR) is 115 cm³/mol. The van der Waals surface area contributed by atoms with Crippen LogP contribution in [0.1, 0.15) is 56.8 Å². The number of nitrogens with zero attached hydrogens (tertiary/aromatic N) is 3. The first-order valence-electron chi connectivity index (χ1n) is 10.9. The number of nitrogens with one attached hydrogen (secondary N) is 1. The number of thioether (sulfide) groups is 1. The maximum absolute atomic E-state index is 13.1. The second-order valence-electron chi connectivity index (χ2n) is 9.55. The lowest BCUT2D eigenvalue weighted by atomic mass is 9.53. The molecule has 0 aliphatic heterocycles. The standard InChI is InChI=1S/C23H30N4OS/c1-15(21(28)24-23-11-18-8-19(12-23)10-20(9-18)13-23)29-22-26-25-16(2)27(22)14-17-6-4-3-5-7-17/h3-7,15,18-20H,8-14H2,1-2H3,(H,24,28)/t15-,18?,19?,20?,23?/m1/s1. The molecule has 154 valence electrons. The molecule has 1 aromatic carbocycles. The number of amides is 1. The van der Waals surface area contributed by atoms with Gasteiger partial charge in [-0.1, -0.05) is 42.1 Å². The van der Waals surface area contributed by atoms with Gasteiger partial charge in [0.25, 0.3) is 0 Å². The lowest BCUT2D eigenvalue weighted by Gasteiger charge is -2.57. The van der Waals surface area contributed by atoms with Gasteiger partial charge in [0.2, 0.25) is 5.91 Å². The zero-order valence-electron chi connectivity index (χ0n) is 17.3. The van der Waals surface area contributed by atoms with Crippen molar-refractivity contribution in [3.05, 3.63) is 41.7 Å². The minimum absolute atomic E-state index is 0.0638. The Kier molecular flexibility index (Phi) is 4.93. The van der Waals surface area contributed by atoms with Crippen LogP contribution in [-0.2, 0) is 11.3 Å². The van der Waals surface area contributed by atoms with Crippen LogP contribution in [-0.4, -0.2) is 31.5 Å². The van der Waals surface area contributed by atoms with Gasteiger partial charge < -0.3 is 9.88 Å². The van der Waals surface area contributed by atoms with Crippen molar-refractivity contribution in [2.75, 3.05) is 0 Å². The summed E-state index contributed by atoms with van der Waals surface area (Å²) >= 11 is 1.52. The average Bonchev–Trinajstić information content (AvgIpc) is 3.01. The van der Waals surface area contributed by atoms with Gasteiger partial charge in [-0.3, -0.25) is 4.79 Å². The predicted octanol–water partition coefficient (Wildman–Crippen LogP) is 4.20. The van der Waals surface area contributed by atoms with E-state index in [2.05, 4.69) is 32.2 Å². The molecule has 0 saturated heterocycles. The number of benzene rings is 1. The topological polar surface area (TPSA) is 59.8 Å². The summed E-state index contributed by atoms with van der Waals surface area (Å²) in [6, 6.07) is 10.3. The fourth-order valence-electron chi connectivity index (χ4n) is 6.24. The van der Waals surface area contributed by atoms with Crippen LogP contribution in [0.3, 0.4) is 0 Å². The number of rotatable bonds is 6. The van der Waals surface area contributed by atoms with Gasteiger partial charge in [0.1, 0.15) is 5.82 Å². The highest BCUT2D eigenvalue weighted by Gasteiger charge is 2.51. The Morgan fingerprint density at radius 2 is 1.76 bits per heavy atom. The molecule has 4 aliphatic carbocycles. The largest absolute Gasteiger partial charge is 0.350 e. The molecule has 1 aromatic heterocycles. The van der Waals surface area contributed by atoms with E-state index >= 15 is 0 Å². The zero-order valence-corrected chi connectivity index (χ0v) is 18.1. The van der Waals surface area contributed by atoms with Crippen LogP contribution >= 0.6 is 11.8 Å². The normalized spacial score (nSPS) is 31.0. The third-order valence-corrected chi connectivity index (χ3v) is 8.24. The quantitative estimate of drug-likeness (QED) is 0.725. The van der Waals surface area contributed by atoms with E-state index in [1.807, 2.05) is 32.0 Å². The van der Waals surface area contributed by atoms with Crippen LogP contribution < -0.4 is 5.32 Å². The summed E-state index contributed by atoms with van der Waals surface area (Å²) in [4.78, 5) is 13.1. The van der Waals surface area contributed by atoms with Crippen LogP contribution in [0.25, 0.3) is 0 Å². The SMILES string of the molecule is Cc1nnc(S[C@H](C)C(=O)NC23CC4CC(CC(C4)C2)C3)n1Cc1ccccc1. The molecule has 5 nitrogen and oxygen atoms in total. The van der Waals surface area contributed by atoms with E-state index in [4.69, 9.17) is 0 Å². The van der Waals surface area contributed by atoms with E-state index in [9.17, 15) is 4.79 Å². The number of aryl methyl sites for hydroxylation is 1. The minimum Gasteiger partial charge on any atom is -0.350 e. The Balaban J connectivity index is 1.26. The van der Waals surface area contributed by atoms with Gasteiger partial charge in [0.05, 0.1) is 11.8 Å². The van der Waals surface area contributed by atoms with Gasteiger partial charge in [-0.15, -0.1) is 10.2 Å². The summed E-state index contributed by atoms with van der Waals surface area (Å²) in [5, 5.41) is 12.8. The zero-order chi connectivity index (χ0) is 20.0. The van der Waals surface area contributed by atoms with E-state index in [0.29, 0.717) is 0 Å². The molecule has 4 fully saturated rings. The highest BCUT2D eigenvalue weighted by atomic mass is 32.2. The van der Waals surface area contributed by atoms with Crippen molar-refractivity contribution < 1.29 is 4.79 Å². The Labute approximate surface area is 177 Å². The lowest BCUT2D eigenvalue weighted by Crippen LogP contribution is -2.60. The van der Waals surface area contributed by atoms with E-state index < -0.39 is 0 Å². The fourth-order valence-corrected chi connectivity index (χ4v) is 7.13. The highest BCUT2D eigenvalue weighted by Crippen LogP contribution is 2.55. The molecule has 2 aromatic rings. The molecule has 0 unspecified atom stereocenters. The summed E-state index contributed by atoms with van der Waals surface area (Å²) < 4.78 is 2.11. The second-order valence-corrected chi connectivity index (χ2v) is 10.9. The molecular weight excluding hydrogens is 380 g/mol. The molecule has 29 heavy (non-hydrogen) atoms. The molecule has 0 radical (unpaired) electrons. The van der Waals surface area contributed by atoms with Crippen molar-refractivity contribution in [2.45, 2.75) is 74.9 Å². The molecule has 4 bridgehead atoms. The smallest absolute Gasteiger partial charge is 0.233 e.